The molecule has 0 atom stereocenters. The second-order valence-electron chi connectivity index (χ2n) is 4.37. The van der Waals surface area contributed by atoms with Gasteiger partial charge in [-0.15, -0.1) is 0 Å². The molecule has 1 aliphatic heterocycles. The Kier molecular flexibility index (Phi) is 5.45. The third-order valence-electron chi connectivity index (χ3n) is 3.04. The number of carbonyl (C=O) groups is 1. The van der Waals surface area contributed by atoms with E-state index in [0.717, 1.165) is 32.8 Å². The average molecular weight is 305 g/mol. The minimum atomic E-state index is -0.408. The fourth-order valence-corrected chi connectivity index (χ4v) is 2.42. The highest BCUT2D eigenvalue weighted by molar-refractivity contribution is 6.36. The second-order valence-corrected chi connectivity index (χ2v) is 5.22. The Labute approximate surface area is 122 Å². The lowest BCUT2D eigenvalue weighted by molar-refractivity contribution is -0.908. The summed E-state index contributed by atoms with van der Waals surface area (Å²) in [4.78, 5) is 13.2. The molecule has 0 radical (unpaired) electrons. The molecular formula is C13H16Cl2NO3+. The molecule has 1 aromatic carbocycles. The number of halogens is 2. The van der Waals surface area contributed by atoms with Gasteiger partial charge >= 0.3 is 5.97 Å². The molecule has 0 unspecified atom stereocenters. The summed E-state index contributed by atoms with van der Waals surface area (Å²) < 4.78 is 10.5. The minimum absolute atomic E-state index is 0.316. The number of benzene rings is 1. The summed E-state index contributed by atoms with van der Waals surface area (Å²) in [5, 5.41) is 0.815. The van der Waals surface area contributed by atoms with E-state index < -0.39 is 5.97 Å². The molecule has 0 aliphatic carbocycles. The number of esters is 1. The number of quaternary nitrogens is 1. The standard InChI is InChI=1S/C13H15Cl2NO3/c14-10-1-2-11(12(15)9-10)13(17)19-8-5-16-3-6-18-7-4-16/h1-2,9H,3-8H2/p+1. The monoisotopic (exact) mass is 304 g/mol. The summed E-state index contributed by atoms with van der Waals surface area (Å²) in [6, 6.07) is 4.73. The van der Waals surface area contributed by atoms with Crippen LogP contribution < -0.4 is 4.90 Å². The number of hydrogen-bond donors (Lipinski definition) is 1. The van der Waals surface area contributed by atoms with Crippen molar-refractivity contribution in [2.75, 3.05) is 39.5 Å². The lowest BCUT2D eigenvalue weighted by Crippen LogP contribution is -3.14. The zero-order valence-corrected chi connectivity index (χ0v) is 12.0. The predicted octanol–water partition coefficient (Wildman–Crippen LogP) is 1.07. The van der Waals surface area contributed by atoms with Gasteiger partial charge in [-0.25, -0.2) is 4.79 Å². The quantitative estimate of drug-likeness (QED) is 0.846. The molecule has 0 bridgehead atoms. The highest BCUT2D eigenvalue weighted by atomic mass is 35.5. The van der Waals surface area contributed by atoms with E-state index in [1.54, 1.807) is 12.1 Å². The van der Waals surface area contributed by atoms with Gasteiger partial charge in [0.25, 0.3) is 0 Å². The molecule has 6 heteroatoms. The van der Waals surface area contributed by atoms with Crippen LogP contribution in [0.2, 0.25) is 10.0 Å². The minimum Gasteiger partial charge on any atom is -0.456 e. The first kappa shape index (κ1) is 14.6. The predicted molar refractivity (Wildman–Crippen MR) is 73.1 cm³/mol. The second kappa shape index (κ2) is 7.10. The molecule has 1 N–H and O–H groups in total. The Morgan fingerprint density at radius 3 is 2.74 bits per heavy atom. The van der Waals surface area contributed by atoms with E-state index in [0.29, 0.717) is 22.2 Å². The lowest BCUT2D eigenvalue weighted by atomic mass is 10.2. The first-order chi connectivity index (χ1) is 9.16. The topological polar surface area (TPSA) is 40.0 Å². The third kappa shape index (κ3) is 4.35. The van der Waals surface area contributed by atoms with Crippen LogP contribution in [-0.4, -0.2) is 45.4 Å². The van der Waals surface area contributed by atoms with Gasteiger partial charge in [-0.1, -0.05) is 23.2 Å². The highest BCUT2D eigenvalue weighted by Crippen LogP contribution is 2.21. The van der Waals surface area contributed by atoms with Crippen molar-refractivity contribution in [2.24, 2.45) is 0 Å². The number of hydrogen-bond acceptors (Lipinski definition) is 3. The lowest BCUT2D eigenvalue weighted by Gasteiger charge is -2.23. The zero-order valence-electron chi connectivity index (χ0n) is 10.5. The molecule has 4 nitrogen and oxygen atoms in total. The van der Waals surface area contributed by atoms with Gasteiger partial charge < -0.3 is 14.4 Å². The van der Waals surface area contributed by atoms with Gasteiger partial charge in [-0.05, 0) is 18.2 Å². The Hall–Kier alpha value is -0.810. The molecule has 2 rings (SSSR count). The molecule has 1 aliphatic rings. The SMILES string of the molecule is O=C(OCC[NH+]1CCOCC1)c1ccc(Cl)cc1Cl. The molecule has 1 fully saturated rings. The van der Waals surface area contributed by atoms with Gasteiger partial charge in [0.15, 0.2) is 0 Å². The van der Waals surface area contributed by atoms with Crippen LogP contribution in [0.3, 0.4) is 0 Å². The zero-order chi connectivity index (χ0) is 13.7. The van der Waals surface area contributed by atoms with Crippen LogP contribution in [0, 0.1) is 0 Å². The number of carbonyl (C=O) groups excluding carboxylic acids is 1. The number of rotatable bonds is 4. The molecular weight excluding hydrogens is 289 g/mol. The first-order valence-electron chi connectivity index (χ1n) is 6.20. The average Bonchev–Trinajstić information content (AvgIpc) is 2.39. The van der Waals surface area contributed by atoms with Crippen molar-refractivity contribution in [3.63, 3.8) is 0 Å². The summed E-state index contributed by atoms with van der Waals surface area (Å²) in [6.45, 7) is 4.63. The maximum Gasteiger partial charge on any atom is 0.339 e. The van der Waals surface area contributed by atoms with Gasteiger partial charge in [0.05, 0.1) is 23.8 Å². The van der Waals surface area contributed by atoms with Gasteiger partial charge in [0, 0.05) is 5.02 Å². The van der Waals surface area contributed by atoms with Crippen molar-refractivity contribution in [2.45, 2.75) is 0 Å². The molecule has 104 valence electrons. The van der Waals surface area contributed by atoms with Crippen LogP contribution in [0.1, 0.15) is 10.4 Å². The van der Waals surface area contributed by atoms with Gasteiger partial charge in [0.1, 0.15) is 26.2 Å². The summed E-state index contributed by atoms with van der Waals surface area (Å²) in [5.74, 6) is -0.408. The summed E-state index contributed by atoms with van der Waals surface area (Å²) in [6.07, 6.45) is 0. The Morgan fingerprint density at radius 2 is 2.05 bits per heavy atom. The summed E-state index contributed by atoms with van der Waals surface area (Å²) >= 11 is 11.7. The molecule has 1 aromatic rings. The molecule has 0 saturated carbocycles. The third-order valence-corrected chi connectivity index (χ3v) is 3.59. The van der Waals surface area contributed by atoms with Gasteiger partial charge in [0.2, 0.25) is 0 Å². The van der Waals surface area contributed by atoms with E-state index in [1.165, 1.54) is 11.0 Å². The van der Waals surface area contributed by atoms with Crippen molar-refractivity contribution >= 4 is 29.2 Å². The van der Waals surface area contributed by atoms with Crippen LogP contribution in [0.25, 0.3) is 0 Å². The van der Waals surface area contributed by atoms with Crippen molar-refractivity contribution in [1.82, 2.24) is 0 Å². The summed E-state index contributed by atoms with van der Waals surface area (Å²) in [5.41, 5.74) is 0.350. The number of nitrogens with one attached hydrogen (secondary N) is 1. The van der Waals surface area contributed by atoms with E-state index in [9.17, 15) is 4.79 Å². The van der Waals surface area contributed by atoms with Gasteiger partial charge in [-0.3, -0.25) is 0 Å². The van der Waals surface area contributed by atoms with Crippen LogP contribution in [0.5, 0.6) is 0 Å². The number of ether oxygens (including phenoxy) is 2. The maximum absolute atomic E-state index is 11.8. The molecule has 0 spiro atoms. The van der Waals surface area contributed by atoms with E-state index in [4.69, 9.17) is 32.7 Å². The van der Waals surface area contributed by atoms with Crippen molar-refractivity contribution in [1.29, 1.82) is 0 Å². The molecule has 19 heavy (non-hydrogen) atoms. The molecule has 0 aromatic heterocycles. The smallest absolute Gasteiger partial charge is 0.339 e. The van der Waals surface area contributed by atoms with Crippen LogP contribution >= 0.6 is 23.2 Å². The van der Waals surface area contributed by atoms with E-state index in [1.807, 2.05) is 0 Å². The molecule has 0 amide bonds. The van der Waals surface area contributed by atoms with E-state index in [2.05, 4.69) is 0 Å². The van der Waals surface area contributed by atoms with Crippen LogP contribution in [-0.2, 0) is 9.47 Å². The van der Waals surface area contributed by atoms with Crippen molar-refractivity contribution in [3.05, 3.63) is 33.8 Å². The fourth-order valence-electron chi connectivity index (χ4n) is 1.93. The Morgan fingerprint density at radius 1 is 1.32 bits per heavy atom. The maximum atomic E-state index is 11.8. The summed E-state index contributed by atoms with van der Waals surface area (Å²) in [7, 11) is 0. The van der Waals surface area contributed by atoms with E-state index >= 15 is 0 Å². The molecule has 1 saturated heterocycles. The van der Waals surface area contributed by atoms with Crippen LogP contribution in [0.4, 0.5) is 0 Å². The fraction of sp³-hybridized carbons (Fsp3) is 0.462. The van der Waals surface area contributed by atoms with E-state index in [-0.39, 0.29) is 0 Å². The van der Waals surface area contributed by atoms with Crippen molar-refractivity contribution < 1.29 is 19.2 Å². The van der Waals surface area contributed by atoms with Gasteiger partial charge in [-0.2, -0.15) is 0 Å². The van der Waals surface area contributed by atoms with Crippen molar-refractivity contribution in [3.8, 4) is 0 Å². The first-order valence-corrected chi connectivity index (χ1v) is 6.96. The Balaban J connectivity index is 1.80. The van der Waals surface area contributed by atoms with Crippen LogP contribution in [0.15, 0.2) is 18.2 Å². The molecule has 1 heterocycles. The normalized spacial score (nSPS) is 16.3. The highest BCUT2D eigenvalue weighted by Gasteiger charge is 2.16. The Bertz CT molecular complexity index is 448. The largest absolute Gasteiger partial charge is 0.456 e. The number of morpholine rings is 1.